The van der Waals surface area contributed by atoms with Crippen molar-refractivity contribution < 1.29 is 4.74 Å². The van der Waals surface area contributed by atoms with Crippen LogP contribution in [0.3, 0.4) is 0 Å². The van der Waals surface area contributed by atoms with Gasteiger partial charge in [0.15, 0.2) is 0 Å². The number of benzene rings is 1. The van der Waals surface area contributed by atoms with Crippen LogP contribution in [0.1, 0.15) is 19.3 Å². The highest BCUT2D eigenvalue weighted by atomic mass is 32.2. The monoisotopic (exact) mass is 251 g/mol. The highest BCUT2D eigenvalue weighted by Crippen LogP contribution is 2.27. The van der Waals surface area contributed by atoms with Crippen LogP contribution in [0.2, 0.25) is 0 Å². The van der Waals surface area contributed by atoms with Gasteiger partial charge >= 0.3 is 0 Å². The Morgan fingerprint density at radius 3 is 3.18 bits per heavy atom. The van der Waals surface area contributed by atoms with E-state index in [1.54, 1.807) is 7.11 Å². The fraction of sp³-hybridized carbons (Fsp3) is 0.571. The molecule has 1 heterocycles. The number of methoxy groups -OCH3 is 1. The molecule has 1 N–H and O–H groups in total. The van der Waals surface area contributed by atoms with Crippen molar-refractivity contribution in [1.82, 2.24) is 5.32 Å². The number of thioether (sulfide) groups is 1. The lowest BCUT2D eigenvalue weighted by atomic mass is 10.0. The Balaban J connectivity index is 1.83. The van der Waals surface area contributed by atoms with E-state index in [2.05, 4.69) is 23.5 Å². The van der Waals surface area contributed by atoms with Gasteiger partial charge in [0.1, 0.15) is 5.75 Å². The van der Waals surface area contributed by atoms with Gasteiger partial charge in [-0.15, -0.1) is 11.8 Å². The van der Waals surface area contributed by atoms with Gasteiger partial charge in [-0.2, -0.15) is 0 Å². The Bertz CT molecular complexity index is 335. The number of nitrogens with one attached hydrogen (secondary N) is 1. The van der Waals surface area contributed by atoms with Gasteiger partial charge in [0.2, 0.25) is 0 Å². The molecule has 0 amide bonds. The van der Waals surface area contributed by atoms with Crippen LogP contribution >= 0.6 is 11.8 Å². The highest BCUT2D eigenvalue weighted by molar-refractivity contribution is 7.99. The fourth-order valence-corrected chi connectivity index (χ4v) is 3.30. The molecule has 1 unspecified atom stereocenters. The summed E-state index contributed by atoms with van der Waals surface area (Å²) in [5.74, 6) is 3.05. The van der Waals surface area contributed by atoms with E-state index in [1.807, 2.05) is 17.8 Å². The molecule has 0 bridgehead atoms. The molecule has 3 heteroatoms. The van der Waals surface area contributed by atoms with Crippen molar-refractivity contribution in [2.75, 3.05) is 26.0 Å². The first-order chi connectivity index (χ1) is 8.38. The number of rotatable bonds is 4. The van der Waals surface area contributed by atoms with Gasteiger partial charge in [0.05, 0.1) is 7.11 Å². The second-order valence-electron chi connectivity index (χ2n) is 4.54. The molecule has 0 aliphatic carbocycles. The minimum atomic E-state index is 0.862. The van der Waals surface area contributed by atoms with E-state index in [0.717, 1.165) is 11.7 Å². The Morgan fingerprint density at radius 2 is 2.29 bits per heavy atom. The first kappa shape index (κ1) is 12.8. The van der Waals surface area contributed by atoms with E-state index < -0.39 is 0 Å². The van der Waals surface area contributed by atoms with E-state index in [4.69, 9.17) is 4.74 Å². The van der Waals surface area contributed by atoms with Crippen molar-refractivity contribution in [2.45, 2.75) is 24.2 Å². The van der Waals surface area contributed by atoms with Crippen molar-refractivity contribution in [2.24, 2.45) is 5.92 Å². The van der Waals surface area contributed by atoms with Crippen LogP contribution in [0.4, 0.5) is 0 Å². The SMILES string of the molecule is COc1cccc(SCC2CCCNCC2)c1. The molecule has 0 saturated carbocycles. The summed E-state index contributed by atoms with van der Waals surface area (Å²) in [6.07, 6.45) is 4.00. The third kappa shape index (κ3) is 4.25. The number of hydrogen-bond donors (Lipinski definition) is 1. The minimum absolute atomic E-state index is 0.862. The zero-order valence-corrected chi connectivity index (χ0v) is 11.3. The molecule has 94 valence electrons. The summed E-state index contributed by atoms with van der Waals surface area (Å²) in [4.78, 5) is 1.32. The third-order valence-corrected chi connectivity index (χ3v) is 4.45. The number of ether oxygens (including phenoxy) is 1. The molecule has 1 aliphatic rings. The van der Waals surface area contributed by atoms with Crippen LogP contribution in [-0.2, 0) is 0 Å². The molecule has 1 aromatic carbocycles. The summed E-state index contributed by atoms with van der Waals surface area (Å²) in [6, 6.07) is 8.36. The van der Waals surface area contributed by atoms with Gasteiger partial charge in [-0.1, -0.05) is 6.07 Å². The van der Waals surface area contributed by atoms with Crippen LogP contribution in [0.5, 0.6) is 5.75 Å². The molecule has 17 heavy (non-hydrogen) atoms. The molecule has 1 fully saturated rings. The second-order valence-corrected chi connectivity index (χ2v) is 5.63. The molecule has 1 saturated heterocycles. The summed E-state index contributed by atoms with van der Waals surface area (Å²) in [7, 11) is 1.72. The lowest BCUT2D eigenvalue weighted by Crippen LogP contribution is -2.14. The first-order valence-electron chi connectivity index (χ1n) is 6.36. The number of hydrogen-bond acceptors (Lipinski definition) is 3. The molecule has 0 spiro atoms. The Kier molecular flexibility index (Phi) is 5.20. The molecule has 2 rings (SSSR count). The van der Waals surface area contributed by atoms with Gasteiger partial charge < -0.3 is 10.1 Å². The predicted octanol–water partition coefficient (Wildman–Crippen LogP) is 3.18. The smallest absolute Gasteiger partial charge is 0.119 e. The van der Waals surface area contributed by atoms with E-state index >= 15 is 0 Å². The normalized spacial score (nSPS) is 20.9. The molecule has 1 aliphatic heterocycles. The van der Waals surface area contributed by atoms with Crippen LogP contribution in [0.25, 0.3) is 0 Å². The van der Waals surface area contributed by atoms with Crippen LogP contribution in [0.15, 0.2) is 29.2 Å². The highest BCUT2D eigenvalue weighted by Gasteiger charge is 2.12. The van der Waals surface area contributed by atoms with E-state index in [9.17, 15) is 0 Å². The maximum atomic E-state index is 5.24. The summed E-state index contributed by atoms with van der Waals surface area (Å²) in [6.45, 7) is 2.38. The van der Waals surface area contributed by atoms with Gasteiger partial charge in [-0.3, -0.25) is 0 Å². The molecule has 2 nitrogen and oxygen atoms in total. The topological polar surface area (TPSA) is 21.3 Å². The van der Waals surface area contributed by atoms with Crippen molar-refractivity contribution in [3.8, 4) is 5.75 Å². The summed E-state index contributed by atoms with van der Waals surface area (Å²) >= 11 is 1.96. The molecule has 1 atom stereocenters. The quantitative estimate of drug-likeness (QED) is 0.831. The van der Waals surface area contributed by atoms with E-state index in [-0.39, 0.29) is 0 Å². The van der Waals surface area contributed by atoms with Gasteiger partial charge in [-0.25, -0.2) is 0 Å². The van der Waals surface area contributed by atoms with Crippen molar-refractivity contribution in [3.63, 3.8) is 0 Å². The van der Waals surface area contributed by atoms with Crippen molar-refractivity contribution in [3.05, 3.63) is 24.3 Å². The van der Waals surface area contributed by atoms with Gasteiger partial charge in [0, 0.05) is 10.6 Å². The van der Waals surface area contributed by atoms with Gasteiger partial charge in [0.25, 0.3) is 0 Å². The van der Waals surface area contributed by atoms with Crippen molar-refractivity contribution in [1.29, 1.82) is 0 Å². The molecule has 1 aromatic rings. The molecule has 0 aromatic heterocycles. The van der Waals surface area contributed by atoms with Crippen LogP contribution < -0.4 is 10.1 Å². The zero-order valence-electron chi connectivity index (χ0n) is 10.4. The van der Waals surface area contributed by atoms with Crippen molar-refractivity contribution >= 4 is 11.8 Å². The Morgan fingerprint density at radius 1 is 1.35 bits per heavy atom. The Labute approximate surface area is 108 Å². The standard InChI is InChI=1S/C14H21NOS/c1-16-13-5-2-6-14(10-13)17-11-12-4-3-8-15-9-7-12/h2,5-6,10,12,15H,3-4,7-9,11H2,1H3. The third-order valence-electron chi connectivity index (χ3n) is 3.22. The lowest BCUT2D eigenvalue weighted by Gasteiger charge is -2.13. The van der Waals surface area contributed by atoms with Crippen LogP contribution in [-0.4, -0.2) is 26.0 Å². The average Bonchev–Trinajstić information content (AvgIpc) is 2.65. The zero-order chi connectivity index (χ0) is 11.9. The second kappa shape index (κ2) is 6.92. The maximum Gasteiger partial charge on any atom is 0.119 e. The average molecular weight is 251 g/mol. The van der Waals surface area contributed by atoms with Crippen LogP contribution in [0, 0.1) is 5.92 Å². The molecular formula is C14H21NOS. The lowest BCUT2D eigenvalue weighted by molar-refractivity contribution is 0.413. The first-order valence-corrected chi connectivity index (χ1v) is 7.34. The summed E-state index contributed by atoms with van der Waals surface area (Å²) in [5.41, 5.74) is 0. The summed E-state index contributed by atoms with van der Waals surface area (Å²) < 4.78 is 5.24. The predicted molar refractivity (Wildman–Crippen MR) is 73.9 cm³/mol. The van der Waals surface area contributed by atoms with Gasteiger partial charge in [-0.05, 0) is 56.5 Å². The Hall–Kier alpha value is -0.670. The maximum absolute atomic E-state index is 5.24. The molecular weight excluding hydrogens is 230 g/mol. The largest absolute Gasteiger partial charge is 0.497 e. The summed E-state index contributed by atoms with van der Waals surface area (Å²) in [5, 5.41) is 3.46. The minimum Gasteiger partial charge on any atom is -0.497 e. The fourth-order valence-electron chi connectivity index (χ4n) is 2.16. The molecule has 0 radical (unpaired) electrons. The van der Waals surface area contributed by atoms with E-state index in [0.29, 0.717) is 0 Å². The van der Waals surface area contributed by atoms with E-state index in [1.165, 1.54) is 43.0 Å².